The van der Waals surface area contributed by atoms with E-state index >= 15 is 0 Å². The van der Waals surface area contributed by atoms with Crippen LogP contribution in [0.2, 0.25) is 0 Å². The van der Waals surface area contributed by atoms with Crippen LogP contribution >= 0.6 is 15.9 Å². The normalized spacial score (nSPS) is 11.9. The summed E-state index contributed by atoms with van der Waals surface area (Å²) in [6.07, 6.45) is 1.97. The molecule has 0 fully saturated rings. The van der Waals surface area contributed by atoms with Gasteiger partial charge in [0.15, 0.2) is 5.78 Å². The second-order valence-electron chi connectivity index (χ2n) is 9.52. The van der Waals surface area contributed by atoms with Gasteiger partial charge in [0.1, 0.15) is 12.6 Å². The first kappa shape index (κ1) is 31.0. The Bertz CT molecular complexity index is 1450. The third kappa shape index (κ3) is 8.76. The molecule has 0 spiro atoms. The van der Waals surface area contributed by atoms with Crippen molar-refractivity contribution in [3.8, 4) is 0 Å². The highest BCUT2D eigenvalue weighted by molar-refractivity contribution is 9.10. The van der Waals surface area contributed by atoms with Crippen molar-refractivity contribution in [2.75, 3.05) is 23.7 Å². The minimum Gasteiger partial charge on any atom is -0.354 e. The zero-order chi connectivity index (χ0) is 29.3. The van der Waals surface area contributed by atoms with Crippen LogP contribution in [0.1, 0.15) is 41.8 Å². The van der Waals surface area contributed by atoms with Crippen LogP contribution in [-0.4, -0.2) is 56.3 Å². The molecule has 0 unspecified atom stereocenters. The topological polar surface area (TPSA) is 104 Å². The van der Waals surface area contributed by atoms with E-state index in [0.29, 0.717) is 12.1 Å². The second-order valence-corrected chi connectivity index (χ2v) is 12.3. The lowest BCUT2D eigenvalue weighted by atomic mass is 10.0. The summed E-state index contributed by atoms with van der Waals surface area (Å²) >= 11 is 3.46. The Labute approximate surface area is 244 Å². The fourth-order valence-electron chi connectivity index (χ4n) is 4.25. The zero-order valence-electron chi connectivity index (χ0n) is 22.8. The van der Waals surface area contributed by atoms with Crippen LogP contribution in [0.3, 0.4) is 0 Å². The molecule has 0 aliphatic rings. The van der Waals surface area contributed by atoms with Crippen LogP contribution in [0, 0.1) is 0 Å². The van der Waals surface area contributed by atoms with Gasteiger partial charge in [-0.15, -0.1) is 0 Å². The number of hydrogen-bond acceptors (Lipinski definition) is 5. The third-order valence-electron chi connectivity index (χ3n) is 6.28. The number of hydrogen-bond donors (Lipinski definition) is 1. The summed E-state index contributed by atoms with van der Waals surface area (Å²) in [5, 5.41) is 2.91. The Hall–Kier alpha value is -3.50. The molecular weight excluding hydrogens is 594 g/mol. The predicted octanol–water partition coefficient (Wildman–Crippen LogP) is 4.58. The first-order valence-electron chi connectivity index (χ1n) is 12.9. The summed E-state index contributed by atoms with van der Waals surface area (Å²) in [5.74, 6) is -1.10. The molecule has 3 rings (SSSR count). The Kier molecular flexibility index (Phi) is 11.0. The molecule has 0 saturated carbocycles. The van der Waals surface area contributed by atoms with Crippen LogP contribution in [0.4, 0.5) is 5.69 Å². The van der Waals surface area contributed by atoms with E-state index in [1.165, 1.54) is 24.0 Å². The smallest absolute Gasteiger partial charge is 0.244 e. The number of rotatable bonds is 13. The van der Waals surface area contributed by atoms with E-state index in [1.807, 2.05) is 61.5 Å². The van der Waals surface area contributed by atoms with Gasteiger partial charge in [-0.3, -0.25) is 18.7 Å². The highest BCUT2D eigenvalue weighted by Crippen LogP contribution is 2.22. The van der Waals surface area contributed by atoms with Gasteiger partial charge in [0, 0.05) is 29.5 Å². The number of amides is 2. The molecule has 0 aliphatic carbocycles. The minimum atomic E-state index is -3.92. The molecule has 0 heterocycles. The van der Waals surface area contributed by atoms with Crippen molar-refractivity contribution in [2.24, 2.45) is 0 Å². The first-order valence-corrected chi connectivity index (χ1v) is 15.6. The molecule has 3 aromatic rings. The van der Waals surface area contributed by atoms with Gasteiger partial charge >= 0.3 is 0 Å². The summed E-state index contributed by atoms with van der Waals surface area (Å²) in [6.45, 7) is 3.31. The summed E-state index contributed by atoms with van der Waals surface area (Å²) in [7, 11) is -3.92. The minimum absolute atomic E-state index is 0.0837. The number of anilines is 1. The van der Waals surface area contributed by atoms with Gasteiger partial charge in [-0.2, -0.15) is 0 Å². The maximum Gasteiger partial charge on any atom is 0.244 e. The van der Waals surface area contributed by atoms with Crippen molar-refractivity contribution >= 4 is 49.2 Å². The third-order valence-corrected chi connectivity index (χ3v) is 7.92. The van der Waals surface area contributed by atoms with Crippen LogP contribution in [0.25, 0.3) is 0 Å². The average Bonchev–Trinajstić information content (AvgIpc) is 2.92. The number of halogens is 1. The molecule has 0 saturated heterocycles. The van der Waals surface area contributed by atoms with Crippen LogP contribution in [-0.2, 0) is 32.6 Å². The van der Waals surface area contributed by atoms with Crippen molar-refractivity contribution in [1.82, 2.24) is 10.2 Å². The van der Waals surface area contributed by atoms with Crippen molar-refractivity contribution in [3.63, 3.8) is 0 Å². The highest BCUT2D eigenvalue weighted by atomic mass is 79.9. The molecule has 3 aromatic carbocycles. The molecule has 10 heteroatoms. The Morgan fingerprint density at radius 2 is 1.60 bits per heavy atom. The van der Waals surface area contributed by atoms with Gasteiger partial charge in [-0.25, -0.2) is 8.42 Å². The molecule has 40 heavy (non-hydrogen) atoms. The average molecular weight is 629 g/mol. The maximum absolute atomic E-state index is 14.1. The zero-order valence-corrected chi connectivity index (χ0v) is 25.2. The van der Waals surface area contributed by atoms with Crippen molar-refractivity contribution in [1.29, 1.82) is 0 Å². The van der Waals surface area contributed by atoms with Crippen LogP contribution < -0.4 is 9.62 Å². The number of carbonyl (C=O) groups excluding carboxylic acids is 3. The number of nitrogens with one attached hydrogen (secondary N) is 1. The molecule has 0 aromatic heterocycles. The number of nitrogens with zero attached hydrogens (tertiary/aromatic N) is 2. The molecule has 1 atom stereocenters. The van der Waals surface area contributed by atoms with E-state index in [9.17, 15) is 22.8 Å². The summed E-state index contributed by atoms with van der Waals surface area (Å²) in [5.41, 5.74) is 2.15. The van der Waals surface area contributed by atoms with E-state index in [2.05, 4.69) is 21.2 Å². The van der Waals surface area contributed by atoms with Gasteiger partial charge in [-0.05, 0) is 48.7 Å². The number of ketones is 1. The second kappa shape index (κ2) is 14.2. The molecule has 8 nitrogen and oxygen atoms in total. The van der Waals surface area contributed by atoms with E-state index in [4.69, 9.17) is 0 Å². The number of sulfonamides is 1. The van der Waals surface area contributed by atoms with E-state index < -0.39 is 28.5 Å². The Morgan fingerprint density at radius 3 is 2.23 bits per heavy atom. The number of carbonyl (C=O) groups is 3. The van der Waals surface area contributed by atoms with E-state index in [0.717, 1.165) is 32.6 Å². The lowest BCUT2D eigenvalue weighted by Crippen LogP contribution is -2.53. The lowest BCUT2D eigenvalue weighted by Gasteiger charge is -2.33. The van der Waals surface area contributed by atoms with Crippen molar-refractivity contribution in [2.45, 2.75) is 39.3 Å². The highest BCUT2D eigenvalue weighted by Gasteiger charge is 2.33. The van der Waals surface area contributed by atoms with Crippen molar-refractivity contribution < 1.29 is 22.8 Å². The molecule has 0 bridgehead atoms. The van der Waals surface area contributed by atoms with Crippen molar-refractivity contribution in [3.05, 3.63) is 100 Å². The summed E-state index contributed by atoms with van der Waals surface area (Å²) in [6, 6.07) is 22.0. The Balaban J connectivity index is 2.06. The van der Waals surface area contributed by atoms with Crippen LogP contribution in [0.5, 0.6) is 0 Å². The fraction of sp³-hybridized carbons (Fsp3) is 0.300. The summed E-state index contributed by atoms with van der Waals surface area (Å²) < 4.78 is 27.6. The lowest BCUT2D eigenvalue weighted by molar-refractivity contribution is -0.140. The quantitative estimate of drug-likeness (QED) is 0.279. The van der Waals surface area contributed by atoms with Gasteiger partial charge in [-0.1, -0.05) is 77.5 Å². The fourth-order valence-corrected chi connectivity index (χ4v) is 5.53. The largest absolute Gasteiger partial charge is 0.354 e. The van der Waals surface area contributed by atoms with Crippen LogP contribution in [0.15, 0.2) is 83.3 Å². The number of benzene rings is 3. The molecule has 1 N–H and O–H groups in total. The SMILES string of the molecule is CCCNC(=O)[C@H](Cc1ccccc1)N(Cc1cccc(Br)c1)C(=O)CN(c1cccc(C(C)=O)c1)S(C)(=O)=O. The number of Topliss-reactive ketones (excluding diaryl/α,β-unsaturated/α-hetero) is 1. The molecule has 0 radical (unpaired) electrons. The molecular formula is C30H34BrN3O5S. The maximum atomic E-state index is 14.1. The van der Waals surface area contributed by atoms with E-state index in [-0.39, 0.29) is 30.3 Å². The van der Waals surface area contributed by atoms with Gasteiger partial charge in [0.25, 0.3) is 0 Å². The first-order chi connectivity index (χ1) is 19.0. The molecule has 0 aliphatic heterocycles. The monoisotopic (exact) mass is 627 g/mol. The molecule has 2 amide bonds. The van der Waals surface area contributed by atoms with Gasteiger partial charge in [0.05, 0.1) is 11.9 Å². The standard InChI is InChI=1S/C30H34BrN3O5S/c1-4-16-32-30(37)28(18-23-10-6-5-7-11-23)33(20-24-12-8-14-26(31)17-24)29(36)21-34(40(3,38)39)27-15-9-13-25(19-27)22(2)35/h5-15,17,19,28H,4,16,18,20-21H2,1-3H3,(H,32,37)/t28-/m0/s1. The molecule has 212 valence electrons. The van der Waals surface area contributed by atoms with Gasteiger partial charge < -0.3 is 10.2 Å². The summed E-state index contributed by atoms with van der Waals surface area (Å²) in [4.78, 5) is 41.0. The van der Waals surface area contributed by atoms with Gasteiger partial charge in [0.2, 0.25) is 21.8 Å². The van der Waals surface area contributed by atoms with E-state index in [1.54, 1.807) is 12.1 Å². The Morgan fingerprint density at radius 1 is 0.925 bits per heavy atom. The predicted molar refractivity (Wildman–Crippen MR) is 161 cm³/mol.